The molecule has 0 saturated heterocycles. The lowest BCUT2D eigenvalue weighted by Crippen LogP contribution is -2.55. The summed E-state index contributed by atoms with van der Waals surface area (Å²) < 4.78 is 38.9. The predicted octanol–water partition coefficient (Wildman–Crippen LogP) is 2.25. The largest absolute Gasteiger partial charge is 0.481 e. The highest BCUT2D eigenvalue weighted by Gasteiger charge is 2.43. The average Bonchev–Trinajstić information content (AvgIpc) is 2.50. The van der Waals surface area contributed by atoms with E-state index in [9.17, 15) is 22.8 Å². The summed E-state index contributed by atoms with van der Waals surface area (Å²) in [5.41, 5.74) is 2.88. The van der Waals surface area contributed by atoms with Crippen LogP contribution in [0.4, 0.5) is 13.2 Å². The molecule has 0 bridgehead atoms. The maximum Gasteiger partial charge on any atom is 0.404 e. The molecule has 0 aliphatic heterocycles. The van der Waals surface area contributed by atoms with Crippen LogP contribution in [0.1, 0.15) is 25.8 Å². The number of hydrogen-bond donors (Lipinski definition) is 3. The summed E-state index contributed by atoms with van der Waals surface area (Å²) >= 11 is 0. The number of carbonyl (C=O) groups excluding carboxylic acids is 1. The molecule has 0 aromatic heterocycles. The Hall–Kier alpha value is -2.13. The normalized spacial score (nSPS) is 14.2. The van der Waals surface area contributed by atoms with Crippen molar-refractivity contribution in [1.82, 2.24) is 10.8 Å². The number of halogens is 3. The molecule has 3 N–H and O–H groups in total. The van der Waals surface area contributed by atoms with Crippen LogP contribution in [-0.4, -0.2) is 35.2 Å². The number of carboxylic acid groups (broad SMARTS) is 1. The molecule has 1 aromatic carbocycles. The Morgan fingerprint density at radius 3 is 2.28 bits per heavy atom. The van der Waals surface area contributed by atoms with Gasteiger partial charge in [-0.3, -0.25) is 19.7 Å². The lowest BCUT2D eigenvalue weighted by atomic mass is 10.0. The molecule has 6 nitrogen and oxygen atoms in total. The number of amides is 1. The molecule has 0 spiro atoms. The summed E-state index contributed by atoms with van der Waals surface area (Å²) in [5.74, 6) is -2.93. The standard InChI is InChI=1S/C16H21F3N2O4/c1-10(2)14(20-12(8-13(22)23)16(17,18)19)15(24)21-25-9-11-6-4-3-5-7-11/h3-7,10,12,14,20H,8-9H2,1-2H3,(H,21,24)(H,22,23)/t12-,14-/m0/s1. The molecule has 0 aliphatic rings. The molecule has 9 heteroatoms. The zero-order valence-electron chi connectivity index (χ0n) is 13.8. The minimum absolute atomic E-state index is 0.0508. The Balaban J connectivity index is 2.67. The number of hydrogen-bond acceptors (Lipinski definition) is 4. The van der Waals surface area contributed by atoms with Crippen molar-refractivity contribution in [2.75, 3.05) is 0 Å². The van der Waals surface area contributed by atoms with Crippen molar-refractivity contribution < 1.29 is 32.7 Å². The third-order valence-corrected chi connectivity index (χ3v) is 3.36. The van der Waals surface area contributed by atoms with Gasteiger partial charge in [0, 0.05) is 0 Å². The van der Waals surface area contributed by atoms with E-state index in [4.69, 9.17) is 9.94 Å². The van der Waals surface area contributed by atoms with Crippen molar-refractivity contribution >= 4 is 11.9 Å². The van der Waals surface area contributed by atoms with Gasteiger partial charge in [-0.15, -0.1) is 0 Å². The summed E-state index contributed by atoms with van der Waals surface area (Å²) in [4.78, 5) is 27.8. The molecule has 140 valence electrons. The monoisotopic (exact) mass is 362 g/mol. The smallest absolute Gasteiger partial charge is 0.404 e. The number of benzene rings is 1. The van der Waals surface area contributed by atoms with E-state index in [-0.39, 0.29) is 6.61 Å². The van der Waals surface area contributed by atoms with Crippen LogP contribution in [0.3, 0.4) is 0 Å². The zero-order chi connectivity index (χ0) is 19.0. The van der Waals surface area contributed by atoms with Crippen LogP contribution >= 0.6 is 0 Å². The van der Waals surface area contributed by atoms with Gasteiger partial charge in [0.15, 0.2) is 0 Å². The van der Waals surface area contributed by atoms with Crippen molar-refractivity contribution in [3.8, 4) is 0 Å². The summed E-state index contributed by atoms with van der Waals surface area (Å²) in [6, 6.07) is 5.28. The number of rotatable bonds is 9. The van der Waals surface area contributed by atoms with E-state index in [1.807, 2.05) is 0 Å². The van der Waals surface area contributed by atoms with Crippen molar-refractivity contribution in [2.24, 2.45) is 5.92 Å². The van der Waals surface area contributed by atoms with Gasteiger partial charge in [0.05, 0.1) is 19.1 Å². The third kappa shape index (κ3) is 7.53. The second-order valence-electron chi connectivity index (χ2n) is 5.82. The van der Waals surface area contributed by atoms with Crippen molar-refractivity contribution in [1.29, 1.82) is 0 Å². The van der Waals surface area contributed by atoms with Gasteiger partial charge in [-0.25, -0.2) is 5.48 Å². The van der Waals surface area contributed by atoms with E-state index in [1.54, 1.807) is 44.2 Å². The van der Waals surface area contributed by atoms with Crippen LogP contribution in [0.25, 0.3) is 0 Å². The lowest BCUT2D eigenvalue weighted by Gasteiger charge is -2.28. The van der Waals surface area contributed by atoms with E-state index in [1.165, 1.54) is 0 Å². The molecule has 0 unspecified atom stereocenters. The van der Waals surface area contributed by atoms with Crippen LogP contribution in [0.2, 0.25) is 0 Å². The Morgan fingerprint density at radius 1 is 1.20 bits per heavy atom. The Bertz CT molecular complexity index is 564. The first-order valence-electron chi connectivity index (χ1n) is 7.61. The quantitative estimate of drug-likeness (QED) is 0.587. The van der Waals surface area contributed by atoms with Gasteiger partial charge in [-0.05, 0) is 11.5 Å². The summed E-state index contributed by atoms with van der Waals surface area (Å²) in [5, 5.41) is 10.7. The molecule has 1 aromatic rings. The van der Waals surface area contributed by atoms with Gasteiger partial charge in [0.1, 0.15) is 6.04 Å². The number of aliphatic carboxylic acids is 1. The first-order chi connectivity index (χ1) is 11.6. The maximum atomic E-state index is 13.0. The minimum atomic E-state index is -4.79. The Morgan fingerprint density at radius 2 is 1.80 bits per heavy atom. The van der Waals surface area contributed by atoms with Crippen LogP contribution in [0.5, 0.6) is 0 Å². The van der Waals surface area contributed by atoms with Gasteiger partial charge in [-0.2, -0.15) is 13.2 Å². The Kier molecular flexibility index (Phi) is 7.85. The van der Waals surface area contributed by atoms with Gasteiger partial charge < -0.3 is 5.11 Å². The molecule has 0 saturated carbocycles. The molecular weight excluding hydrogens is 341 g/mol. The first-order valence-corrected chi connectivity index (χ1v) is 7.61. The van der Waals surface area contributed by atoms with Crippen LogP contribution < -0.4 is 10.8 Å². The fourth-order valence-corrected chi connectivity index (χ4v) is 2.06. The van der Waals surface area contributed by atoms with Crippen molar-refractivity contribution in [3.63, 3.8) is 0 Å². The SMILES string of the molecule is CC(C)[C@H](N[C@@H](CC(=O)O)C(F)(F)F)C(=O)NOCc1ccccc1. The van der Waals surface area contributed by atoms with E-state index < -0.39 is 42.5 Å². The van der Waals surface area contributed by atoms with E-state index in [0.29, 0.717) is 0 Å². The molecule has 0 heterocycles. The van der Waals surface area contributed by atoms with Crippen LogP contribution in [0.15, 0.2) is 30.3 Å². The highest BCUT2D eigenvalue weighted by Crippen LogP contribution is 2.24. The minimum Gasteiger partial charge on any atom is -0.481 e. The van der Waals surface area contributed by atoms with Crippen molar-refractivity contribution in [2.45, 2.75) is 45.1 Å². The number of carboxylic acids is 1. The average molecular weight is 362 g/mol. The zero-order valence-corrected chi connectivity index (χ0v) is 13.8. The van der Waals surface area contributed by atoms with Gasteiger partial charge >= 0.3 is 12.1 Å². The molecule has 0 aliphatic carbocycles. The fraction of sp³-hybridized carbons (Fsp3) is 0.500. The van der Waals surface area contributed by atoms with Crippen LogP contribution in [-0.2, 0) is 21.0 Å². The summed E-state index contributed by atoms with van der Waals surface area (Å²) in [6.07, 6.45) is -5.97. The third-order valence-electron chi connectivity index (χ3n) is 3.36. The van der Waals surface area contributed by atoms with Crippen LogP contribution in [0, 0.1) is 5.92 Å². The number of carbonyl (C=O) groups is 2. The summed E-state index contributed by atoms with van der Waals surface area (Å²) in [6.45, 7) is 3.14. The number of hydroxylamine groups is 1. The molecule has 0 radical (unpaired) electrons. The molecular formula is C16H21F3N2O4. The van der Waals surface area contributed by atoms with Gasteiger partial charge in [0.2, 0.25) is 0 Å². The Labute approximate surface area is 143 Å². The highest BCUT2D eigenvalue weighted by atomic mass is 19.4. The second-order valence-corrected chi connectivity index (χ2v) is 5.82. The molecule has 1 rings (SSSR count). The molecule has 25 heavy (non-hydrogen) atoms. The fourth-order valence-electron chi connectivity index (χ4n) is 2.06. The number of alkyl halides is 3. The first kappa shape index (κ1) is 20.9. The van der Waals surface area contributed by atoms with E-state index in [2.05, 4.69) is 10.8 Å². The highest BCUT2D eigenvalue weighted by molar-refractivity contribution is 5.81. The van der Waals surface area contributed by atoms with Gasteiger partial charge in [-0.1, -0.05) is 44.2 Å². The lowest BCUT2D eigenvalue weighted by molar-refractivity contribution is -0.171. The maximum absolute atomic E-state index is 13.0. The van der Waals surface area contributed by atoms with Crippen molar-refractivity contribution in [3.05, 3.63) is 35.9 Å². The molecule has 0 fully saturated rings. The predicted molar refractivity (Wildman–Crippen MR) is 83.2 cm³/mol. The van der Waals surface area contributed by atoms with E-state index >= 15 is 0 Å². The topological polar surface area (TPSA) is 87.7 Å². The second kappa shape index (κ2) is 9.38. The van der Waals surface area contributed by atoms with Gasteiger partial charge in [0.25, 0.3) is 5.91 Å². The summed E-state index contributed by atoms with van der Waals surface area (Å²) in [7, 11) is 0. The molecule has 1 amide bonds. The molecule has 2 atom stereocenters. The number of nitrogens with one attached hydrogen (secondary N) is 2. The van der Waals surface area contributed by atoms with E-state index in [0.717, 1.165) is 5.56 Å².